The van der Waals surface area contributed by atoms with Crippen LogP contribution in [0.2, 0.25) is 0 Å². The fourth-order valence-corrected chi connectivity index (χ4v) is 0. The number of nitrogens with zero attached hydrogens (tertiary/aromatic N) is 1. The molecule has 0 N–H and O–H groups in total. The number of hydrogen-bond donors (Lipinski definition) is 0. The molecule has 0 bridgehead atoms. The van der Waals surface area contributed by atoms with Crippen molar-refractivity contribution in [1.29, 1.82) is 0 Å². The maximum atomic E-state index is 3.76. The molecule has 7 heavy (non-hydrogen) atoms. The van der Waals surface area contributed by atoms with Crippen LogP contribution in [0.25, 0.3) is 0 Å². The highest BCUT2D eigenvalue weighted by atomic mass is 35.5. The van der Waals surface area contributed by atoms with Crippen LogP contribution in [0.1, 0.15) is 6.92 Å². The fourth-order valence-electron chi connectivity index (χ4n) is 0. The van der Waals surface area contributed by atoms with Gasteiger partial charge < -0.3 is 4.90 Å². The average Bonchev–Trinajstić information content (AvgIpc) is 1.36. The van der Waals surface area contributed by atoms with E-state index in [0.29, 0.717) is 6.04 Å². The molecule has 0 spiro atoms. The molecule has 0 saturated carbocycles. The third-order valence-corrected chi connectivity index (χ3v) is 0.882. The first-order chi connectivity index (χ1) is 2.64. The van der Waals surface area contributed by atoms with Crippen molar-refractivity contribution in [3.63, 3.8) is 0 Å². The van der Waals surface area contributed by atoms with Crippen LogP contribution in [-0.4, -0.2) is 25.0 Å². The number of halogens is 1. The van der Waals surface area contributed by atoms with Gasteiger partial charge in [0, 0.05) is 6.04 Å². The SMILES string of the molecule is Cl.[CH2]C(C)N(C)C. The molecule has 1 nitrogen and oxygen atoms in total. The van der Waals surface area contributed by atoms with Crippen molar-refractivity contribution in [2.75, 3.05) is 14.1 Å². The van der Waals surface area contributed by atoms with E-state index in [4.69, 9.17) is 0 Å². The first kappa shape index (κ1) is 10.3. The molecule has 0 aliphatic carbocycles. The normalized spacial score (nSPS) is 9.43. The Balaban J connectivity index is 0. The van der Waals surface area contributed by atoms with Gasteiger partial charge in [0.05, 0.1) is 0 Å². The molecule has 0 fully saturated rings. The van der Waals surface area contributed by atoms with Crippen molar-refractivity contribution in [1.82, 2.24) is 4.90 Å². The van der Waals surface area contributed by atoms with Crippen molar-refractivity contribution in [2.24, 2.45) is 0 Å². The van der Waals surface area contributed by atoms with Gasteiger partial charge in [-0.1, -0.05) is 0 Å². The standard InChI is InChI=1S/C5H12N.ClH/c1-5(2)6(3)4;/h5H,1H2,2-4H3;1H. The van der Waals surface area contributed by atoms with Gasteiger partial charge in [-0.3, -0.25) is 0 Å². The van der Waals surface area contributed by atoms with Crippen molar-refractivity contribution < 1.29 is 0 Å². The molecule has 1 radical (unpaired) electrons. The zero-order valence-corrected chi connectivity index (χ0v) is 5.96. The molecular formula is C5H13ClN. The lowest BCUT2D eigenvalue weighted by Gasteiger charge is -2.12. The van der Waals surface area contributed by atoms with Gasteiger partial charge in [-0.15, -0.1) is 12.4 Å². The van der Waals surface area contributed by atoms with E-state index in [9.17, 15) is 0 Å². The molecule has 0 aromatic carbocycles. The quantitative estimate of drug-likeness (QED) is 0.505. The lowest BCUT2D eigenvalue weighted by Crippen LogP contribution is -2.20. The molecular weight excluding hydrogens is 110 g/mol. The Kier molecular flexibility index (Phi) is 6.47. The molecule has 0 aromatic rings. The first-order valence-electron chi connectivity index (χ1n) is 2.14. The highest BCUT2D eigenvalue weighted by Crippen LogP contribution is 1.83. The summed E-state index contributed by atoms with van der Waals surface area (Å²) in [5.74, 6) is 0. The van der Waals surface area contributed by atoms with Gasteiger partial charge in [0.2, 0.25) is 0 Å². The Bertz CT molecular complexity index is 29.1. The summed E-state index contributed by atoms with van der Waals surface area (Å²) in [5, 5.41) is 0. The van der Waals surface area contributed by atoms with Gasteiger partial charge in [0.1, 0.15) is 0 Å². The molecule has 0 aromatic heterocycles. The highest BCUT2D eigenvalue weighted by Gasteiger charge is 1.90. The predicted octanol–water partition coefficient (Wildman–Crippen LogP) is 1.19. The molecule has 0 saturated heterocycles. The number of hydrogen-bond acceptors (Lipinski definition) is 1. The number of rotatable bonds is 1. The minimum atomic E-state index is 0. The third kappa shape index (κ3) is 6.25. The van der Waals surface area contributed by atoms with E-state index >= 15 is 0 Å². The second-order valence-electron chi connectivity index (χ2n) is 1.81. The molecule has 1 atom stereocenters. The van der Waals surface area contributed by atoms with E-state index in [0.717, 1.165) is 0 Å². The van der Waals surface area contributed by atoms with Gasteiger partial charge in [0.15, 0.2) is 0 Å². The molecule has 0 heterocycles. The van der Waals surface area contributed by atoms with Crippen molar-refractivity contribution in [3.05, 3.63) is 6.92 Å². The van der Waals surface area contributed by atoms with Gasteiger partial charge >= 0.3 is 0 Å². The summed E-state index contributed by atoms with van der Waals surface area (Å²) < 4.78 is 0. The summed E-state index contributed by atoms with van der Waals surface area (Å²) >= 11 is 0. The van der Waals surface area contributed by atoms with E-state index in [2.05, 4.69) is 18.7 Å². The van der Waals surface area contributed by atoms with Crippen LogP contribution in [-0.2, 0) is 0 Å². The Hall–Kier alpha value is 0.250. The molecule has 0 amide bonds. The van der Waals surface area contributed by atoms with Gasteiger partial charge in [0.25, 0.3) is 0 Å². The van der Waals surface area contributed by atoms with Crippen LogP contribution < -0.4 is 0 Å². The monoisotopic (exact) mass is 122 g/mol. The van der Waals surface area contributed by atoms with Crippen molar-refractivity contribution in [3.8, 4) is 0 Å². The second-order valence-corrected chi connectivity index (χ2v) is 1.81. The van der Waals surface area contributed by atoms with Crippen LogP contribution in [0.5, 0.6) is 0 Å². The van der Waals surface area contributed by atoms with Crippen LogP contribution in [0.15, 0.2) is 0 Å². The lowest BCUT2D eigenvalue weighted by atomic mass is 10.4. The van der Waals surface area contributed by atoms with Gasteiger partial charge in [-0.25, -0.2) is 0 Å². The van der Waals surface area contributed by atoms with Crippen LogP contribution in [0.4, 0.5) is 0 Å². The summed E-state index contributed by atoms with van der Waals surface area (Å²) in [4.78, 5) is 2.06. The van der Waals surface area contributed by atoms with E-state index in [1.165, 1.54) is 0 Å². The van der Waals surface area contributed by atoms with Crippen molar-refractivity contribution >= 4 is 12.4 Å². The maximum Gasteiger partial charge on any atom is 0.00614 e. The maximum absolute atomic E-state index is 3.76. The highest BCUT2D eigenvalue weighted by molar-refractivity contribution is 5.85. The average molecular weight is 123 g/mol. The summed E-state index contributed by atoms with van der Waals surface area (Å²) in [6.45, 7) is 5.82. The molecule has 0 rings (SSSR count). The summed E-state index contributed by atoms with van der Waals surface area (Å²) in [6.07, 6.45) is 0. The van der Waals surface area contributed by atoms with Gasteiger partial charge in [-0.05, 0) is 27.9 Å². The molecule has 0 aliphatic rings. The van der Waals surface area contributed by atoms with E-state index in [1.54, 1.807) is 0 Å². The molecule has 1 unspecified atom stereocenters. The molecule has 45 valence electrons. The zero-order valence-electron chi connectivity index (χ0n) is 5.14. The smallest absolute Gasteiger partial charge is 0.00614 e. The fraction of sp³-hybridized carbons (Fsp3) is 0.800. The van der Waals surface area contributed by atoms with Crippen molar-refractivity contribution in [2.45, 2.75) is 13.0 Å². The van der Waals surface area contributed by atoms with Crippen LogP contribution in [0, 0.1) is 6.92 Å². The van der Waals surface area contributed by atoms with Crippen LogP contribution in [0.3, 0.4) is 0 Å². The van der Waals surface area contributed by atoms with E-state index in [1.807, 2.05) is 14.1 Å². The Morgan fingerprint density at radius 1 is 1.43 bits per heavy atom. The van der Waals surface area contributed by atoms with Crippen LogP contribution >= 0.6 is 12.4 Å². The summed E-state index contributed by atoms with van der Waals surface area (Å²) in [6, 6.07) is 0.435. The topological polar surface area (TPSA) is 3.24 Å². The molecule has 2 heteroatoms. The first-order valence-corrected chi connectivity index (χ1v) is 2.14. The van der Waals surface area contributed by atoms with E-state index < -0.39 is 0 Å². The zero-order chi connectivity index (χ0) is 5.15. The summed E-state index contributed by atoms with van der Waals surface area (Å²) in [5.41, 5.74) is 0. The largest absolute Gasteiger partial charge is 0.307 e. The second kappa shape index (κ2) is 4.41. The minimum absolute atomic E-state index is 0. The Labute approximate surface area is 52.1 Å². The van der Waals surface area contributed by atoms with Gasteiger partial charge in [-0.2, -0.15) is 0 Å². The predicted molar refractivity (Wildman–Crippen MR) is 35.8 cm³/mol. The van der Waals surface area contributed by atoms with E-state index in [-0.39, 0.29) is 12.4 Å². The third-order valence-electron chi connectivity index (χ3n) is 0.882. The molecule has 0 aliphatic heterocycles. The summed E-state index contributed by atoms with van der Waals surface area (Å²) in [7, 11) is 4.02. The lowest BCUT2D eigenvalue weighted by molar-refractivity contribution is 0.362. The Morgan fingerprint density at radius 2 is 1.57 bits per heavy atom. The Morgan fingerprint density at radius 3 is 1.57 bits per heavy atom. The minimum Gasteiger partial charge on any atom is -0.307 e.